The molecule has 1 aliphatic rings. The van der Waals surface area contributed by atoms with Gasteiger partial charge in [0, 0.05) is 33.1 Å². The van der Waals surface area contributed by atoms with Crippen LogP contribution in [0, 0.1) is 0 Å². The van der Waals surface area contributed by atoms with Crippen LogP contribution in [-0.4, -0.2) is 0 Å². The zero-order valence-corrected chi connectivity index (χ0v) is 23.0. The van der Waals surface area contributed by atoms with Gasteiger partial charge in [-0.1, -0.05) is 127 Å². The van der Waals surface area contributed by atoms with Gasteiger partial charge in [-0.3, -0.25) is 0 Å². The lowest BCUT2D eigenvalue weighted by molar-refractivity contribution is 1.60. The molecule has 4 aromatic carbocycles. The minimum absolute atomic E-state index is 1.19. The Morgan fingerprint density at radius 1 is 0.487 bits per heavy atom. The summed E-state index contributed by atoms with van der Waals surface area (Å²) in [6.45, 7) is 0. The van der Waals surface area contributed by atoms with Crippen molar-refractivity contribution < 1.29 is 0 Å². The van der Waals surface area contributed by atoms with Crippen molar-refractivity contribution >= 4 is 39.0 Å². The van der Waals surface area contributed by atoms with Crippen LogP contribution in [0.2, 0.25) is 0 Å². The largest absolute Gasteiger partial charge is 0.239 e. The van der Waals surface area contributed by atoms with Crippen LogP contribution < -0.4 is 0 Å². The number of thioether (sulfide) groups is 1. The summed E-state index contributed by atoms with van der Waals surface area (Å²) in [6.07, 6.45) is 11.2. The standard InChI is InChI=1S/C37H27S2/c1-5-16-30(17-6-1)34-24-28(25-35(38-34)31-18-7-2-8-19-31)14-13-15-29-26-36(32-20-9-3-10-21-32)39-37(27-29)33-22-11-4-12-23-33/h1-27H/q+1. The van der Waals surface area contributed by atoms with Crippen molar-refractivity contribution in [2.24, 2.45) is 0 Å². The molecule has 0 amide bonds. The maximum Gasteiger partial charge on any atom is 0.239 e. The first-order valence-corrected chi connectivity index (χ1v) is 14.6. The molecule has 0 bridgehead atoms. The smallest absolute Gasteiger partial charge is 0.0888 e. The SMILES string of the molecule is C(/C=C/c1cc(-c2ccccc2)[s+]c(-c2ccccc2)c1)=C1C=C(c2ccccc2)SC(c2ccccc2)=C1. The number of rotatable bonds is 6. The van der Waals surface area contributed by atoms with E-state index in [1.54, 1.807) is 0 Å². The Labute approximate surface area is 239 Å². The maximum absolute atomic E-state index is 2.29. The number of hydrogen-bond donors (Lipinski definition) is 0. The van der Waals surface area contributed by atoms with E-state index in [2.05, 4.69) is 164 Å². The Morgan fingerprint density at radius 2 is 0.897 bits per heavy atom. The van der Waals surface area contributed by atoms with Gasteiger partial charge in [0.05, 0.1) is 0 Å². The molecule has 0 fully saturated rings. The monoisotopic (exact) mass is 535 g/mol. The van der Waals surface area contributed by atoms with Crippen LogP contribution in [0.4, 0.5) is 0 Å². The predicted molar refractivity (Wildman–Crippen MR) is 173 cm³/mol. The highest BCUT2D eigenvalue weighted by Crippen LogP contribution is 2.44. The molecule has 2 heteroatoms. The van der Waals surface area contributed by atoms with Crippen LogP contribution in [0.1, 0.15) is 16.7 Å². The van der Waals surface area contributed by atoms with E-state index in [0.717, 1.165) is 0 Å². The van der Waals surface area contributed by atoms with E-state index in [1.165, 1.54) is 53.0 Å². The van der Waals surface area contributed by atoms with E-state index in [0.29, 0.717) is 0 Å². The van der Waals surface area contributed by atoms with Gasteiger partial charge in [-0.05, 0) is 58.7 Å². The summed E-state index contributed by atoms with van der Waals surface area (Å²) >= 11 is 3.66. The molecular weight excluding hydrogens is 509 g/mol. The normalized spacial score (nSPS) is 13.2. The quantitative estimate of drug-likeness (QED) is 0.195. The van der Waals surface area contributed by atoms with Crippen molar-refractivity contribution in [2.45, 2.75) is 0 Å². The van der Waals surface area contributed by atoms with Crippen LogP contribution in [-0.2, 0) is 0 Å². The molecule has 0 radical (unpaired) electrons. The van der Waals surface area contributed by atoms with Gasteiger partial charge in [0.2, 0.25) is 21.1 Å². The molecule has 0 saturated heterocycles. The summed E-state index contributed by atoms with van der Waals surface area (Å²) in [5.41, 5.74) is 7.33. The van der Waals surface area contributed by atoms with E-state index in [-0.39, 0.29) is 0 Å². The van der Waals surface area contributed by atoms with Gasteiger partial charge in [-0.25, -0.2) is 0 Å². The van der Waals surface area contributed by atoms with Gasteiger partial charge in [0.1, 0.15) is 0 Å². The average molecular weight is 536 g/mol. The van der Waals surface area contributed by atoms with Crippen LogP contribution >= 0.6 is 23.1 Å². The highest BCUT2D eigenvalue weighted by molar-refractivity contribution is 8.16. The van der Waals surface area contributed by atoms with Gasteiger partial charge in [-0.2, -0.15) is 0 Å². The van der Waals surface area contributed by atoms with Crippen LogP contribution in [0.25, 0.3) is 36.8 Å². The number of allylic oxidation sites excluding steroid dienone is 5. The molecule has 39 heavy (non-hydrogen) atoms. The summed E-state index contributed by atoms with van der Waals surface area (Å²) in [5.74, 6) is 0. The molecule has 0 spiro atoms. The summed E-state index contributed by atoms with van der Waals surface area (Å²) in [7, 11) is 0. The van der Waals surface area contributed by atoms with Gasteiger partial charge < -0.3 is 0 Å². The van der Waals surface area contributed by atoms with E-state index < -0.39 is 0 Å². The first-order valence-electron chi connectivity index (χ1n) is 13.0. The molecule has 1 aliphatic heterocycles. The molecule has 0 saturated carbocycles. The topological polar surface area (TPSA) is 0 Å². The first kappa shape index (κ1) is 25.1. The second-order valence-corrected chi connectivity index (χ2v) is 11.4. The summed E-state index contributed by atoms with van der Waals surface area (Å²) in [6, 6.07) is 47.1. The van der Waals surface area contributed by atoms with Crippen molar-refractivity contribution in [2.75, 3.05) is 0 Å². The van der Waals surface area contributed by atoms with Crippen molar-refractivity contribution in [3.8, 4) is 20.9 Å². The van der Waals surface area contributed by atoms with Gasteiger partial charge in [0.25, 0.3) is 0 Å². The molecule has 5 aromatic rings. The second-order valence-electron chi connectivity index (χ2n) is 9.23. The molecular formula is C37H27S2+. The Balaban J connectivity index is 1.37. The summed E-state index contributed by atoms with van der Waals surface area (Å²) < 4.78 is 0. The third-order valence-corrected chi connectivity index (χ3v) is 8.74. The highest BCUT2D eigenvalue weighted by Gasteiger charge is 2.18. The molecule has 0 unspecified atom stereocenters. The zero-order valence-electron chi connectivity index (χ0n) is 21.4. The summed E-state index contributed by atoms with van der Waals surface area (Å²) in [5, 5.41) is 0. The van der Waals surface area contributed by atoms with E-state index >= 15 is 0 Å². The third kappa shape index (κ3) is 6.26. The molecule has 1 aromatic heterocycles. The fraction of sp³-hybridized carbons (Fsp3) is 0. The van der Waals surface area contributed by atoms with Gasteiger partial charge in [-0.15, -0.1) is 0 Å². The number of benzene rings is 4. The Bertz CT molecular complexity index is 1560. The Kier molecular flexibility index (Phi) is 7.76. The molecule has 0 nitrogen and oxygen atoms in total. The van der Waals surface area contributed by atoms with Crippen LogP contribution in [0.15, 0.2) is 163 Å². The predicted octanol–water partition coefficient (Wildman–Crippen LogP) is 11.1. The first-order chi connectivity index (χ1) is 19.3. The highest BCUT2D eigenvalue weighted by atomic mass is 32.2. The molecule has 0 atom stereocenters. The van der Waals surface area contributed by atoms with Crippen molar-refractivity contribution in [3.63, 3.8) is 0 Å². The van der Waals surface area contributed by atoms with E-state index in [9.17, 15) is 0 Å². The lowest BCUT2D eigenvalue weighted by Gasteiger charge is -2.17. The molecule has 186 valence electrons. The Morgan fingerprint density at radius 3 is 1.33 bits per heavy atom. The fourth-order valence-corrected chi connectivity index (χ4v) is 6.75. The van der Waals surface area contributed by atoms with Crippen LogP contribution in [0.3, 0.4) is 0 Å². The van der Waals surface area contributed by atoms with E-state index in [1.807, 2.05) is 23.1 Å². The van der Waals surface area contributed by atoms with Gasteiger partial charge in [0.15, 0.2) is 0 Å². The number of hydrogen-bond acceptors (Lipinski definition) is 1. The van der Waals surface area contributed by atoms with Gasteiger partial charge >= 0.3 is 0 Å². The minimum atomic E-state index is 1.19. The van der Waals surface area contributed by atoms with Crippen molar-refractivity contribution in [3.05, 3.63) is 180 Å². The average Bonchev–Trinajstić information content (AvgIpc) is 3.02. The molecule has 0 aliphatic carbocycles. The lowest BCUT2D eigenvalue weighted by Crippen LogP contribution is -1.90. The Hall–Kier alpha value is -4.24. The summed E-state index contributed by atoms with van der Waals surface area (Å²) in [4.78, 5) is 5.04. The fourth-order valence-electron chi connectivity index (χ4n) is 4.49. The second kappa shape index (κ2) is 12.1. The minimum Gasteiger partial charge on any atom is -0.0888 e. The molecule has 6 rings (SSSR count). The molecule has 0 N–H and O–H groups in total. The third-order valence-electron chi connectivity index (χ3n) is 6.44. The zero-order chi connectivity index (χ0) is 26.3. The van der Waals surface area contributed by atoms with Crippen molar-refractivity contribution in [1.29, 1.82) is 0 Å². The van der Waals surface area contributed by atoms with Crippen LogP contribution in [0.5, 0.6) is 0 Å². The molecule has 2 heterocycles. The van der Waals surface area contributed by atoms with Crippen molar-refractivity contribution in [1.82, 2.24) is 0 Å². The lowest BCUT2D eigenvalue weighted by atomic mass is 10.1. The maximum atomic E-state index is 2.29. The van der Waals surface area contributed by atoms with E-state index in [4.69, 9.17) is 0 Å².